The first-order valence-corrected chi connectivity index (χ1v) is 8.04. The van der Waals surface area contributed by atoms with Crippen LogP contribution < -0.4 is 4.74 Å². The first-order chi connectivity index (χ1) is 11.7. The molecule has 0 aliphatic carbocycles. The molecule has 1 amide bonds. The van der Waals surface area contributed by atoms with Crippen molar-refractivity contribution in [2.45, 2.75) is 12.8 Å². The molecule has 1 aromatic heterocycles. The molecule has 6 heteroatoms. The van der Waals surface area contributed by atoms with Gasteiger partial charge in [0.2, 0.25) is 0 Å². The number of carbonyl (C=O) groups excluding carboxylic acids is 1. The summed E-state index contributed by atoms with van der Waals surface area (Å²) in [6.45, 7) is 1.57. The van der Waals surface area contributed by atoms with Crippen molar-refractivity contribution in [2.75, 3.05) is 20.2 Å². The third-order valence-electron chi connectivity index (χ3n) is 4.38. The van der Waals surface area contributed by atoms with E-state index in [1.54, 1.807) is 18.2 Å². The molecule has 1 saturated heterocycles. The quantitative estimate of drug-likeness (QED) is 0.727. The third-order valence-corrected chi connectivity index (χ3v) is 4.38. The maximum atomic E-state index is 12.3. The van der Waals surface area contributed by atoms with Crippen LogP contribution in [0.1, 0.15) is 12.8 Å². The standard InChI is InChI=1S/C18H18N4O2/c1-24-16-7-6-13-10-15(5-4-14(13)11-16)17-12-19-22(20-17)18(23)21-8-2-3-9-21/h4-7,10-12H,2-3,8-9H2,1H3. The summed E-state index contributed by atoms with van der Waals surface area (Å²) in [5.74, 6) is 0.831. The van der Waals surface area contributed by atoms with Crippen LogP contribution in [0.5, 0.6) is 5.75 Å². The normalized spacial score (nSPS) is 14.3. The summed E-state index contributed by atoms with van der Waals surface area (Å²) < 4.78 is 5.25. The summed E-state index contributed by atoms with van der Waals surface area (Å²) in [7, 11) is 1.66. The molecule has 6 nitrogen and oxygen atoms in total. The highest BCUT2D eigenvalue weighted by Gasteiger charge is 2.21. The van der Waals surface area contributed by atoms with E-state index < -0.39 is 0 Å². The van der Waals surface area contributed by atoms with Gasteiger partial charge >= 0.3 is 6.03 Å². The molecule has 0 bridgehead atoms. The number of methoxy groups -OCH3 is 1. The molecule has 2 heterocycles. The van der Waals surface area contributed by atoms with E-state index in [1.165, 1.54) is 4.80 Å². The van der Waals surface area contributed by atoms with Gasteiger partial charge in [0, 0.05) is 18.7 Å². The van der Waals surface area contributed by atoms with E-state index in [1.807, 2.05) is 36.4 Å². The van der Waals surface area contributed by atoms with Crippen molar-refractivity contribution in [2.24, 2.45) is 0 Å². The zero-order valence-electron chi connectivity index (χ0n) is 13.5. The molecule has 0 atom stereocenters. The van der Waals surface area contributed by atoms with Gasteiger partial charge in [0.25, 0.3) is 0 Å². The number of ether oxygens (including phenoxy) is 1. The minimum Gasteiger partial charge on any atom is -0.497 e. The summed E-state index contributed by atoms with van der Waals surface area (Å²) >= 11 is 0. The van der Waals surface area contributed by atoms with Crippen molar-refractivity contribution in [1.29, 1.82) is 0 Å². The van der Waals surface area contributed by atoms with E-state index in [0.717, 1.165) is 48.0 Å². The fraction of sp³-hybridized carbons (Fsp3) is 0.278. The van der Waals surface area contributed by atoms with E-state index in [2.05, 4.69) is 10.2 Å². The number of benzene rings is 2. The number of carbonyl (C=O) groups is 1. The van der Waals surface area contributed by atoms with Crippen molar-refractivity contribution >= 4 is 16.8 Å². The molecule has 0 N–H and O–H groups in total. The van der Waals surface area contributed by atoms with Gasteiger partial charge in [-0.1, -0.05) is 23.0 Å². The SMILES string of the molecule is COc1ccc2cc(-c3cnn(C(=O)N4CCCC4)n3)ccc2c1. The molecule has 0 spiro atoms. The molecule has 3 aromatic rings. The zero-order valence-corrected chi connectivity index (χ0v) is 13.5. The van der Waals surface area contributed by atoms with Crippen LogP contribution in [0.15, 0.2) is 42.6 Å². The van der Waals surface area contributed by atoms with Gasteiger partial charge in [0.15, 0.2) is 0 Å². The van der Waals surface area contributed by atoms with Crippen LogP contribution in [-0.4, -0.2) is 46.1 Å². The van der Waals surface area contributed by atoms with Gasteiger partial charge in [-0.15, -0.1) is 5.10 Å². The maximum absolute atomic E-state index is 12.3. The monoisotopic (exact) mass is 322 g/mol. The number of hydrogen-bond donors (Lipinski definition) is 0. The average molecular weight is 322 g/mol. The highest BCUT2D eigenvalue weighted by molar-refractivity contribution is 5.88. The van der Waals surface area contributed by atoms with Crippen molar-refractivity contribution in [3.63, 3.8) is 0 Å². The molecular formula is C18H18N4O2. The highest BCUT2D eigenvalue weighted by atomic mass is 16.5. The van der Waals surface area contributed by atoms with E-state index in [9.17, 15) is 4.79 Å². The predicted molar refractivity (Wildman–Crippen MR) is 91.1 cm³/mol. The molecule has 4 rings (SSSR count). The Kier molecular flexibility index (Phi) is 3.65. The van der Waals surface area contributed by atoms with Gasteiger partial charge in [-0.2, -0.15) is 5.10 Å². The summed E-state index contributed by atoms with van der Waals surface area (Å²) in [4.78, 5) is 15.3. The number of likely N-dealkylation sites (tertiary alicyclic amines) is 1. The number of nitrogens with zero attached hydrogens (tertiary/aromatic N) is 4. The Balaban J connectivity index is 1.64. The minimum absolute atomic E-state index is 0.149. The lowest BCUT2D eigenvalue weighted by Gasteiger charge is -2.12. The molecule has 0 unspecified atom stereocenters. The van der Waals surface area contributed by atoms with Crippen LogP contribution in [0.2, 0.25) is 0 Å². The minimum atomic E-state index is -0.149. The first kappa shape index (κ1) is 14.7. The van der Waals surface area contributed by atoms with E-state index in [0.29, 0.717) is 5.69 Å². The summed E-state index contributed by atoms with van der Waals surface area (Å²) in [6.07, 6.45) is 3.74. The number of rotatable bonds is 2. The highest BCUT2D eigenvalue weighted by Crippen LogP contribution is 2.26. The molecular weight excluding hydrogens is 304 g/mol. The van der Waals surface area contributed by atoms with Crippen LogP contribution in [-0.2, 0) is 0 Å². The second-order valence-electron chi connectivity index (χ2n) is 5.92. The Labute approximate surface area is 139 Å². The Morgan fingerprint density at radius 1 is 1.08 bits per heavy atom. The van der Waals surface area contributed by atoms with Crippen molar-refractivity contribution in [3.05, 3.63) is 42.6 Å². The lowest BCUT2D eigenvalue weighted by atomic mass is 10.1. The fourth-order valence-electron chi connectivity index (χ4n) is 3.03. The fourth-order valence-corrected chi connectivity index (χ4v) is 3.03. The van der Waals surface area contributed by atoms with Crippen molar-refractivity contribution < 1.29 is 9.53 Å². The first-order valence-electron chi connectivity index (χ1n) is 8.04. The van der Waals surface area contributed by atoms with Gasteiger partial charge in [0.1, 0.15) is 11.4 Å². The number of hydrogen-bond acceptors (Lipinski definition) is 4. The Hall–Kier alpha value is -2.89. The summed E-state index contributed by atoms with van der Waals surface area (Å²) in [5.41, 5.74) is 1.63. The summed E-state index contributed by atoms with van der Waals surface area (Å²) in [6, 6.07) is 11.8. The molecule has 2 aromatic carbocycles. The number of aromatic nitrogens is 3. The molecule has 0 radical (unpaired) electrons. The van der Waals surface area contributed by atoms with E-state index >= 15 is 0 Å². The lowest BCUT2D eigenvalue weighted by Crippen LogP contribution is -2.33. The Morgan fingerprint density at radius 2 is 1.83 bits per heavy atom. The molecule has 24 heavy (non-hydrogen) atoms. The zero-order chi connectivity index (χ0) is 16.5. The van der Waals surface area contributed by atoms with Crippen LogP contribution in [0.4, 0.5) is 4.79 Å². The average Bonchev–Trinajstić information content (AvgIpc) is 3.32. The molecule has 0 saturated carbocycles. The lowest BCUT2D eigenvalue weighted by molar-refractivity contribution is 0.203. The maximum Gasteiger partial charge on any atom is 0.362 e. The number of fused-ring (bicyclic) bond motifs is 1. The third kappa shape index (κ3) is 2.60. The van der Waals surface area contributed by atoms with Crippen LogP contribution >= 0.6 is 0 Å². The van der Waals surface area contributed by atoms with Crippen LogP contribution in [0.3, 0.4) is 0 Å². The summed E-state index contributed by atoms with van der Waals surface area (Å²) in [5, 5.41) is 10.7. The second kappa shape index (κ2) is 5.96. The van der Waals surface area contributed by atoms with Crippen LogP contribution in [0.25, 0.3) is 22.0 Å². The van der Waals surface area contributed by atoms with Crippen molar-refractivity contribution in [3.8, 4) is 17.0 Å². The topological polar surface area (TPSA) is 60.3 Å². The van der Waals surface area contributed by atoms with Crippen LogP contribution in [0, 0.1) is 0 Å². The largest absolute Gasteiger partial charge is 0.497 e. The van der Waals surface area contributed by atoms with Crippen molar-refractivity contribution in [1.82, 2.24) is 19.9 Å². The smallest absolute Gasteiger partial charge is 0.362 e. The van der Waals surface area contributed by atoms with E-state index in [-0.39, 0.29) is 6.03 Å². The predicted octanol–water partition coefficient (Wildman–Crippen LogP) is 3.17. The molecule has 1 aliphatic rings. The molecule has 1 fully saturated rings. The Bertz CT molecular complexity index is 897. The van der Waals surface area contributed by atoms with Gasteiger partial charge in [0.05, 0.1) is 13.3 Å². The van der Waals surface area contributed by atoms with Gasteiger partial charge in [-0.3, -0.25) is 0 Å². The second-order valence-corrected chi connectivity index (χ2v) is 5.92. The van der Waals surface area contributed by atoms with E-state index in [4.69, 9.17) is 4.74 Å². The Morgan fingerprint density at radius 3 is 2.62 bits per heavy atom. The molecule has 1 aliphatic heterocycles. The van der Waals surface area contributed by atoms with Gasteiger partial charge in [-0.25, -0.2) is 4.79 Å². The van der Waals surface area contributed by atoms with Gasteiger partial charge < -0.3 is 9.64 Å². The number of amides is 1. The molecule has 122 valence electrons. The van der Waals surface area contributed by atoms with Gasteiger partial charge in [-0.05, 0) is 41.8 Å².